The number of rotatable bonds is 10. The van der Waals surface area contributed by atoms with Crippen LogP contribution in [0.15, 0.2) is 66.7 Å². The molecule has 1 amide bonds. The van der Waals surface area contributed by atoms with Gasteiger partial charge >= 0.3 is 0 Å². The molecule has 3 aromatic carbocycles. The van der Waals surface area contributed by atoms with Gasteiger partial charge in [0.25, 0.3) is 5.91 Å². The molecule has 1 aliphatic rings. The fourth-order valence-electron chi connectivity index (χ4n) is 4.21. The first-order valence-electron chi connectivity index (χ1n) is 11.9. The van der Waals surface area contributed by atoms with Crippen molar-refractivity contribution in [3.63, 3.8) is 0 Å². The van der Waals surface area contributed by atoms with Gasteiger partial charge in [0.05, 0.1) is 33.5 Å². The quantitative estimate of drug-likeness (QED) is 0.455. The zero-order valence-corrected chi connectivity index (χ0v) is 20.5. The van der Waals surface area contributed by atoms with Gasteiger partial charge in [0.1, 0.15) is 12.4 Å². The lowest BCUT2D eigenvalue weighted by molar-refractivity contribution is 0.0162. The lowest BCUT2D eigenvalue weighted by Crippen LogP contribution is -2.43. The fourth-order valence-corrected chi connectivity index (χ4v) is 4.21. The third-order valence-corrected chi connectivity index (χ3v) is 6.15. The van der Waals surface area contributed by atoms with Gasteiger partial charge in [-0.05, 0) is 35.4 Å². The Morgan fingerprint density at radius 2 is 1.64 bits per heavy atom. The van der Waals surface area contributed by atoms with Gasteiger partial charge in [-0.3, -0.25) is 9.69 Å². The summed E-state index contributed by atoms with van der Waals surface area (Å²) < 4.78 is 36.0. The number of methoxy groups -OCH3 is 2. The number of morpholine rings is 1. The molecule has 8 heteroatoms. The second kappa shape index (κ2) is 12.4. The molecule has 4 rings (SSSR count). The molecule has 1 heterocycles. The predicted molar refractivity (Wildman–Crippen MR) is 134 cm³/mol. The summed E-state index contributed by atoms with van der Waals surface area (Å²) in [5.74, 6) is 0.661. The van der Waals surface area contributed by atoms with Crippen molar-refractivity contribution in [3.05, 3.63) is 89.2 Å². The summed E-state index contributed by atoms with van der Waals surface area (Å²) in [4.78, 5) is 15.4. The van der Waals surface area contributed by atoms with Crippen LogP contribution in [0.2, 0.25) is 0 Å². The number of benzene rings is 3. The van der Waals surface area contributed by atoms with Crippen LogP contribution in [0.5, 0.6) is 17.2 Å². The number of hydrogen-bond donors (Lipinski definition) is 1. The molecule has 0 bridgehead atoms. The van der Waals surface area contributed by atoms with Crippen molar-refractivity contribution in [2.45, 2.75) is 12.6 Å². The molecule has 36 heavy (non-hydrogen) atoms. The van der Waals surface area contributed by atoms with Crippen LogP contribution in [0.25, 0.3) is 0 Å². The maximum absolute atomic E-state index is 13.5. The summed E-state index contributed by atoms with van der Waals surface area (Å²) in [6, 6.07) is 19.3. The second-order valence-corrected chi connectivity index (χ2v) is 8.41. The topological polar surface area (TPSA) is 69.3 Å². The Bertz CT molecular complexity index is 1110. The molecular formula is C28H31FN2O5. The summed E-state index contributed by atoms with van der Waals surface area (Å²) in [7, 11) is 3.05. The standard InChI is InChI=1S/C28H31FN2O5/c1-33-25-16-22(17-26(34-2)27(25)36-19-20-6-4-3-5-7-20)28(32)30-18-24(31-12-14-35-15-13-31)21-8-10-23(29)11-9-21/h3-11,16-17,24H,12-15,18-19H2,1-2H3,(H,30,32)/t24-/m1/s1. The van der Waals surface area contributed by atoms with E-state index in [0.717, 1.165) is 24.2 Å². The molecule has 0 unspecified atom stereocenters. The Balaban J connectivity index is 1.50. The normalized spacial score (nSPS) is 14.6. The van der Waals surface area contributed by atoms with Gasteiger partial charge < -0.3 is 24.3 Å². The first-order chi connectivity index (χ1) is 17.6. The Hall–Kier alpha value is -3.62. The highest BCUT2D eigenvalue weighted by molar-refractivity contribution is 5.95. The largest absolute Gasteiger partial charge is 0.493 e. The van der Waals surface area contributed by atoms with Gasteiger partial charge in [0, 0.05) is 25.2 Å². The molecule has 0 aliphatic carbocycles. The number of nitrogens with zero attached hydrogens (tertiary/aromatic N) is 1. The van der Waals surface area contributed by atoms with E-state index in [4.69, 9.17) is 18.9 Å². The van der Waals surface area contributed by atoms with E-state index in [-0.39, 0.29) is 17.8 Å². The van der Waals surface area contributed by atoms with Crippen LogP contribution in [0.1, 0.15) is 27.5 Å². The highest BCUT2D eigenvalue weighted by atomic mass is 19.1. The number of hydrogen-bond acceptors (Lipinski definition) is 6. The van der Waals surface area contributed by atoms with E-state index in [0.29, 0.717) is 49.2 Å². The molecule has 0 aromatic heterocycles. The lowest BCUT2D eigenvalue weighted by atomic mass is 10.0. The van der Waals surface area contributed by atoms with Crippen LogP contribution in [0.3, 0.4) is 0 Å². The fraction of sp³-hybridized carbons (Fsp3) is 0.321. The van der Waals surface area contributed by atoms with E-state index in [9.17, 15) is 9.18 Å². The summed E-state index contributed by atoms with van der Waals surface area (Å²) in [6.07, 6.45) is 0. The molecule has 3 aromatic rings. The summed E-state index contributed by atoms with van der Waals surface area (Å²) in [6.45, 7) is 3.37. The highest BCUT2D eigenvalue weighted by Crippen LogP contribution is 2.39. The minimum Gasteiger partial charge on any atom is -0.493 e. The second-order valence-electron chi connectivity index (χ2n) is 8.41. The van der Waals surface area contributed by atoms with E-state index in [1.165, 1.54) is 26.4 Å². The van der Waals surface area contributed by atoms with Crippen LogP contribution in [0, 0.1) is 5.82 Å². The van der Waals surface area contributed by atoms with E-state index >= 15 is 0 Å². The van der Waals surface area contributed by atoms with Crippen LogP contribution < -0.4 is 19.5 Å². The van der Waals surface area contributed by atoms with Crippen molar-refractivity contribution in [1.29, 1.82) is 0 Å². The first kappa shape index (κ1) is 25.5. The third kappa shape index (κ3) is 6.33. The molecule has 1 atom stereocenters. The van der Waals surface area contributed by atoms with E-state index in [1.807, 2.05) is 30.3 Å². The maximum atomic E-state index is 13.5. The van der Waals surface area contributed by atoms with Gasteiger partial charge in [0.2, 0.25) is 5.75 Å². The molecule has 0 spiro atoms. The monoisotopic (exact) mass is 494 g/mol. The number of nitrogens with one attached hydrogen (secondary N) is 1. The van der Waals surface area contributed by atoms with Crippen molar-refractivity contribution >= 4 is 5.91 Å². The summed E-state index contributed by atoms with van der Waals surface area (Å²) >= 11 is 0. The van der Waals surface area contributed by atoms with Crippen molar-refractivity contribution in [3.8, 4) is 17.2 Å². The summed E-state index contributed by atoms with van der Waals surface area (Å²) in [5.41, 5.74) is 2.31. The van der Waals surface area contributed by atoms with Crippen LogP contribution in [0.4, 0.5) is 4.39 Å². The van der Waals surface area contributed by atoms with Crippen LogP contribution in [-0.2, 0) is 11.3 Å². The smallest absolute Gasteiger partial charge is 0.251 e. The Morgan fingerprint density at radius 3 is 2.25 bits per heavy atom. The van der Waals surface area contributed by atoms with Gasteiger partial charge in [-0.1, -0.05) is 42.5 Å². The highest BCUT2D eigenvalue weighted by Gasteiger charge is 2.24. The molecule has 1 fully saturated rings. The Morgan fingerprint density at radius 1 is 1.00 bits per heavy atom. The SMILES string of the molecule is COc1cc(C(=O)NC[C@H](c2ccc(F)cc2)N2CCOCC2)cc(OC)c1OCc1ccccc1. The van der Waals surface area contributed by atoms with Crippen LogP contribution in [-0.4, -0.2) is 57.9 Å². The van der Waals surface area contributed by atoms with Crippen molar-refractivity contribution in [1.82, 2.24) is 10.2 Å². The van der Waals surface area contributed by atoms with Gasteiger partial charge in [0.15, 0.2) is 11.5 Å². The number of amides is 1. The molecule has 190 valence electrons. The molecular weight excluding hydrogens is 463 g/mol. The molecule has 1 saturated heterocycles. The van der Waals surface area contributed by atoms with Gasteiger partial charge in [-0.2, -0.15) is 0 Å². The molecule has 1 N–H and O–H groups in total. The number of carbonyl (C=O) groups is 1. The number of ether oxygens (including phenoxy) is 4. The molecule has 1 aliphatic heterocycles. The average molecular weight is 495 g/mol. The zero-order chi connectivity index (χ0) is 25.3. The van der Waals surface area contributed by atoms with E-state index < -0.39 is 0 Å². The zero-order valence-electron chi connectivity index (χ0n) is 20.5. The lowest BCUT2D eigenvalue weighted by Gasteiger charge is -2.35. The molecule has 0 radical (unpaired) electrons. The van der Waals surface area contributed by atoms with Crippen molar-refractivity contribution in [2.24, 2.45) is 0 Å². The Kier molecular flexibility index (Phi) is 8.76. The van der Waals surface area contributed by atoms with Gasteiger partial charge in [-0.25, -0.2) is 4.39 Å². The number of carbonyl (C=O) groups excluding carboxylic acids is 1. The molecule has 7 nitrogen and oxygen atoms in total. The van der Waals surface area contributed by atoms with Gasteiger partial charge in [-0.15, -0.1) is 0 Å². The van der Waals surface area contributed by atoms with Crippen molar-refractivity contribution < 1.29 is 28.1 Å². The maximum Gasteiger partial charge on any atom is 0.251 e. The minimum absolute atomic E-state index is 0.115. The first-order valence-corrected chi connectivity index (χ1v) is 11.9. The minimum atomic E-state index is -0.294. The van der Waals surface area contributed by atoms with E-state index in [1.54, 1.807) is 24.3 Å². The summed E-state index contributed by atoms with van der Waals surface area (Å²) in [5, 5.41) is 3.02. The van der Waals surface area contributed by atoms with E-state index in [2.05, 4.69) is 10.2 Å². The Labute approximate surface area is 210 Å². The van der Waals surface area contributed by atoms with Crippen LogP contribution >= 0.6 is 0 Å². The number of halogens is 1. The average Bonchev–Trinajstić information content (AvgIpc) is 2.93. The third-order valence-electron chi connectivity index (χ3n) is 6.15. The van der Waals surface area contributed by atoms with Crippen molar-refractivity contribution in [2.75, 3.05) is 47.1 Å². The molecule has 0 saturated carbocycles. The predicted octanol–water partition coefficient (Wildman–Crippen LogP) is 4.23.